The lowest BCUT2D eigenvalue weighted by molar-refractivity contribution is -0.143. The second kappa shape index (κ2) is 9.27. The van der Waals surface area contributed by atoms with Crippen molar-refractivity contribution in [3.05, 3.63) is 29.8 Å². The average molecular weight is 352 g/mol. The number of aliphatic carboxylic acids is 1. The van der Waals surface area contributed by atoms with E-state index in [2.05, 4.69) is 0 Å². The van der Waals surface area contributed by atoms with Crippen molar-refractivity contribution in [1.82, 2.24) is 4.90 Å². The van der Waals surface area contributed by atoms with Gasteiger partial charge in [0.15, 0.2) is 0 Å². The van der Waals surface area contributed by atoms with Crippen LogP contribution in [0.4, 0.5) is 4.79 Å². The van der Waals surface area contributed by atoms with Gasteiger partial charge in [-0.1, -0.05) is 12.1 Å². The number of rotatable bonds is 8. The molecule has 1 aromatic rings. The van der Waals surface area contributed by atoms with Crippen LogP contribution in [-0.2, 0) is 16.0 Å². The molecule has 140 valence electrons. The van der Waals surface area contributed by atoms with Gasteiger partial charge in [-0.25, -0.2) is 9.59 Å². The Bertz CT molecular complexity index is 566. The summed E-state index contributed by atoms with van der Waals surface area (Å²) in [5.74, 6) is -0.927. The highest BCUT2D eigenvalue weighted by Crippen LogP contribution is 2.17. The number of nitrogens with zero attached hydrogens (tertiary/aromatic N) is 1. The first-order valence-corrected chi connectivity index (χ1v) is 8.34. The summed E-state index contributed by atoms with van der Waals surface area (Å²) in [5.41, 5.74) is 5.65. The van der Waals surface area contributed by atoms with Crippen LogP contribution in [0.2, 0.25) is 0 Å². The fourth-order valence-electron chi connectivity index (χ4n) is 2.33. The van der Waals surface area contributed by atoms with Gasteiger partial charge in [0.05, 0.1) is 0 Å². The molecule has 0 fully saturated rings. The number of carbonyl (C=O) groups is 2. The number of carbonyl (C=O) groups excluding carboxylic acids is 1. The number of phenolic OH excluding ortho intramolecular Hbond substituents is 1. The van der Waals surface area contributed by atoms with Gasteiger partial charge < -0.3 is 20.7 Å². The maximum Gasteiger partial charge on any atom is 0.411 e. The summed E-state index contributed by atoms with van der Waals surface area (Å²) in [6, 6.07) is 5.58. The quantitative estimate of drug-likeness (QED) is 0.662. The summed E-state index contributed by atoms with van der Waals surface area (Å²) < 4.78 is 5.37. The third-order valence-electron chi connectivity index (χ3n) is 3.55. The first-order chi connectivity index (χ1) is 11.6. The van der Waals surface area contributed by atoms with Crippen molar-refractivity contribution < 1.29 is 24.5 Å². The summed E-state index contributed by atoms with van der Waals surface area (Å²) in [7, 11) is 0. The molecular weight excluding hydrogens is 324 g/mol. The van der Waals surface area contributed by atoms with Crippen molar-refractivity contribution in [2.45, 2.75) is 51.7 Å². The normalized spacial score (nSPS) is 12.5. The zero-order valence-corrected chi connectivity index (χ0v) is 15.1. The minimum atomic E-state index is -1.08. The Hall–Kier alpha value is -2.28. The fraction of sp³-hybridized carbons (Fsp3) is 0.556. The Morgan fingerprint density at radius 1 is 1.24 bits per heavy atom. The van der Waals surface area contributed by atoms with E-state index in [0.717, 1.165) is 5.56 Å². The number of carboxylic acid groups (broad SMARTS) is 1. The van der Waals surface area contributed by atoms with Gasteiger partial charge in [-0.2, -0.15) is 0 Å². The number of ether oxygens (including phenoxy) is 1. The van der Waals surface area contributed by atoms with Gasteiger partial charge in [-0.05, 0) is 64.3 Å². The molecule has 4 N–H and O–H groups in total. The largest absolute Gasteiger partial charge is 0.508 e. The van der Waals surface area contributed by atoms with E-state index in [4.69, 9.17) is 10.5 Å². The first-order valence-electron chi connectivity index (χ1n) is 8.34. The van der Waals surface area contributed by atoms with Gasteiger partial charge in [0.1, 0.15) is 17.4 Å². The molecule has 0 heterocycles. The number of hydrogen-bond donors (Lipinski definition) is 3. The zero-order chi connectivity index (χ0) is 19.0. The van der Waals surface area contributed by atoms with E-state index in [1.165, 1.54) is 4.90 Å². The lowest BCUT2D eigenvalue weighted by Gasteiger charge is -2.31. The predicted molar refractivity (Wildman–Crippen MR) is 94.5 cm³/mol. The van der Waals surface area contributed by atoms with E-state index in [0.29, 0.717) is 19.4 Å². The monoisotopic (exact) mass is 352 g/mol. The molecule has 0 spiro atoms. The summed E-state index contributed by atoms with van der Waals surface area (Å²) in [5, 5.41) is 18.9. The second-order valence-electron chi connectivity index (χ2n) is 6.88. The average Bonchev–Trinajstić information content (AvgIpc) is 2.50. The lowest BCUT2D eigenvalue weighted by atomic mass is 10.1. The van der Waals surface area contributed by atoms with Gasteiger partial charge in [0, 0.05) is 6.54 Å². The van der Waals surface area contributed by atoms with Crippen LogP contribution in [0.1, 0.15) is 39.2 Å². The van der Waals surface area contributed by atoms with E-state index < -0.39 is 23.7 Å². The number of amides is 1. The van der Waals surface area contributed by atoms with E-state index in [1.54, 1.807) is 45.0 Å². The van der Waals surface area contributed by atoms with Crippen LogP contribution in [0.25, 0.3) is 0 Å². The molecule has 0 radical (unpaired) electrons. The van der Waals surface area contributed by atoms with E-state index in [1.807, 2.05) is 0 Å². The molecule has 1 unspecified atom stereocenters. The number of carboxylic acids is 1. The first kappa shape index (κ1) is 20.8. The smallest absolute Gasteiger partial charge is 0.411 e. The minimum Gasteiger partial charge on any atom is -0.508 e. The molecule has 1 amide bonds. The molecule has 1 aromatic carbocycles. The van der Waals surface area contributed by atoms with Crippen LogP contribution in [0.5, 0.6) is 5.75 Å². The highest BCUT2D eigenvalue weighted by molar-refractivity contribution is 5.80. The molecule has 7 heteroatoms. The molecule has 0 saturated carbocycles. The van der Waals surface area contributed by atoms with Gasteiger partial charge in [0.25, 0.3) is 0 Å². The summed E-state index contributed by atoms with van der Waals surface area (Å²) in [4.78, 5) is 25.4. The highest BCUT2D eigenvalue weighted by atomic mass is 16.6. The van der Waals surface area contributed by atoms with Crippen molar-refractivity contribution in [1.29, 1.82) is 0 Å². The van der Waals surface area contributed by atoms with Crippen LogP contribution in [0.15, 0.2) is 24.3 Å². The maximum absolute atomic E-state index is 12.5. The molecule has 0 saturated heterocycles. The Balaban J connectivity index is 2.93. The van der Waals surface area contributed by atoms with Crippen molar-refractivity contribution >= 4 is 12.1 Å². The summed E-state index contributed by atoms with van der Waals surface area (Å²) >= 11 is 0. The SMILES string of the molecule is CC(C)(C)OC(=O)N(CCc1ccc(O)cc1)C(CCCN)C(=O)O. The third kappa shape index (κ3) is 7.43. The number of nitrogens with two attached hydrogens (primary N) is 1. The zero-order valence-electron chi connectivity index (χ0n) is 15.1. The maximum atomic E-state index is 12.5. The van der Waals surface area contributed by atoms with Gasteiger partial charge in [-0.15, -0.1) is 0 Å². The molecule has 25 heavy (non-hydrogen) atoms. The van der Waals surface area contributed by atoms with Crippen LogP contribution in [0, 0.1) is 0 Å². The summed E-state index contributed by atoms with van der Waals surface area (Å²) in [6.45, 7) is 5.75. The van der Waals surface area contributed by atoms with Crippen molar-refractivity contribution in [3.8, 4) is 5.75 Å². The third-order valence-corrected chi connectivity index (χ3v) is 3.55. The van der Waals surface area contributed by atoms with Gasteiger partial charge in [-0.3, -0.25) is 4.90 Å². The number of benzene rings is 1. The standard InChI is InChI=1S/C18H28N2O5/c1-18(2,3)25-17(24)20(15(16(22)23)5-4-11-19)12-10-13-6-8-14(21)9-7-13/h6-9,15,21H,4-5,10-12,19H2,1-3H3,(H,22,23). The van der Waals surface area contributed by atoms with E-state index in [9.17, 15) is 19.8 Å². The Morgan fingerprint density at radius 2 is 1.84 bits per heavy atom. The van der Waals surface area contributed by atoms with Crippen molar-refractivity contribution in [2.24, 2.45) is 5.73 Å². The minimum absolute atomic E-state index is 0.152. The number of aromatic hydroxyl groups is 1. The number of phenols is 1. The molecule has 0 aliphatic heterocycles. The molecule has 1 rings (SSSR count). The number of hydrogen-bond acceptors (Lipinski definition) is 5. The lowest BCUT2D eigenvalue weighted by Crippen LogP contribution is -2.48. The Kier molecular flexibility index (Phi) is 7.70. The molecule has 0 bridgehead atoms. The van der Waals surface area contributed by atoms with Crippen molar-refractivity contribution in [3.63, 3.8) is 0 Å². The topological polar surface area (TPSA) is 113 Å². The molecule has 0 aromatic heterocycles. The molecular formula is C18H28N2O5. The fourth-order valence-corrected chi connectivity index (χ4v) is 2.33. The van der Waals surface area contributed by atoms with Crippen molar-refractivity contribution in [2.75, 3.05) is 13.1 Å². The van der Waals surface area contributed by atoms with Crippen LogP contribution in [-0.4, -0.2) is 51.9 Å². The van der Waals surface area contributed by atoms with Crippen LogP contribution >= 0.6 is 0 Å². The van der Waals surface area contributed by atoms with Gasteiger partial charge >= 0.3 is 12.1 Å². The van der Waals surface area contributed by atoms with E-state index >= 15 is 0 Å². The molecule has 1 atom stereocenters. The van der Waals surface area contributed by atoms with E-state index in [-0.39, 0.29) is 18.7 Å². The van der Waals surface area contributed by atoms with Gasteiger partial charge in [0.2, 0.25) is 0 Å². The molecule has 0 aliphatic carbocycles. The summed E-state index contributed by atoms with van der Waals surface area (Å²) in [6.07, 6.45) is 0.554. The Morgan fingerprint density at radius 3 is 2.32 bits per heavy atom. The Labute approximate surface area is 148 Å². The highest BCUT2D eigenvalue weighted by Gasteiger charge is 2.32. The predicted octanol–water partition coefficient (Wildman–Crippen LogP) is 2.36. The van der Waals surface area contributed by atoms with Crippen LogP contribution < -0.4 is 5.73 Å². The molecule has 7 nitrogen and oxygen atoms in total. The molecule has 0 aliphatic rings. The van der Waals surface area contributed by atoms with Crippen LogP contribution in [0.3, 0.4) is 0 Å². The second-order valence-corrected chi connectivity index (χ2v) is 6.88.